The first kappa shape index (κ1) is 10.6. The number of hydrogen-bond donors (Lipinski definition) is 0. The Balaban J connectivity index is 2.71. The Morgan fingerprint density at radius 3 is 2.50 bits per heavy atom. The van der Waals surface area contributed by atoms with Gasteiger partial charge < -0.3 is 4.74 Å². The minimum atomic E-state index is -4.31. The van der Waals surface area contributed by atoms with Crippen LogP contribution in [0.5, 0.6) is 5.75 Å². The molecule has 0 amide bonds. The number of halogens is 3. The molecule has 1 nitrogen and oxygen atoms in total. The van der Waals surface area contributed by atoms with Gasteiger partial charge in [-0.25, -0.2) is 0 Å². The Morgan fingerprint density at radius 2 is 1.93 bits per heavy atom. The summed E-state index contributed by atoms with van der Waals surface area (Å²) in [5.74, 6) is 0.194. The van der Waals surface area contributed by atoms with E-state index in [2.05, 4.69) is 11.3 Å². The van der Waals surface area contributed by atoms with Crippen LogP contribution in [0.3, 0.4) is 0 Å². The second-order valence-electron chi connectivity index (χ2n) is 2.65. The molecule has 0 N–H and O–H groups in total. The third-order valence-electron chi connectivity index (χ3n) is 1.53. The summed E-state index contributed by atoms with van der Waals surface area (Å²) in [6.07, 6.45) is -2.86. The highest BCUT2D eigenvalue weighted by molar-refractivity contribution is 5.55. The Bertz CT molecular complexity index is 317. The zero-order chi connectivity index (χ0) is 10.6. The van der Waals surface area contributed by atoms with Crippen LogP contribution in [0.2, 0.25) is 0 Å². The highest BCUT2D eigenvalue weighted by Crippen LogP contribution is 2.22. The van der Waals surface area contributed by atoms with Crippen molar-refractivity contribution >= 4 is 6.08 Å². The van der Waals surface area contributed by atoms with Crippen molar-refractivity contribution in [2.75, 3.05) is 6.61 Å². The summed E-state index contributed by atoms with van der Waals surface area (Å²) in [6.45, 7) is 2.19. The number of rotatable bonds is 3. The molecule has 1 rings (SSSR count). The van der Waals surface area contributed by atoms with Gasteiger partial charge in [0.15, 0.2) is 6.61 Å². The van der Waals surface area contributed by atoms with Gasteiger partial charge in [-0.05, 0) is 6.07 Å². The zero-order valence-corrected chi connectivity index (χ0v) is 7.34. The van der Waals surface area contributed by atoms with Gasteiger partial charge in [0.05, 0.1) is 0 Å². The highest BCUT2D eigenvalue weighted by Gasteiger charge is 2.28. The van der Waals surface area contributed by atoms with E-state index < -0.39 is 12.8 Å². The quantitative estimate of drug-likeness (QED) is 0.730. The second kappa shape index (κ2) is 4.17. The van der Waals surface area contributed by atoms with Crippen molar-refractivity contribution in [2.45, 2.75) is 6.18 Å². The lowest BCUT2D eigenvalue weighted by molar-refractivity contribution is -0.153. The largest absolute Gasteiger partial charge is 0.484 e. The van der Waals surface area contributed by atoms with E-state index in [0.29, 0.717) is 5.56 Å². The molecule has 0 aliphatic rings. The minimum Gasteiger partial charge on any atom is -0.484 e. The van der Waals surface area contributed by atoms with Crippen molar-refractivity contribution in [2.24, 2.45) is 0 Å². The topological polar surface area (TPSA) is 9.23 Å². The predicted octanol–water partition coefficient (Wildman–Crippen LogP) is 3.27. The Morgan fingerprint density at radius 1 is 1.29 bits per heavy atom. The van der Waals surface area contributed by atoms with Crippen LogP contribution in [0, 0.1) is 0 Å². The van der Waals surface area contributed by atoms with Crippen LogP contribution in [0.4, 0.5) is 13.2 Å². The molecule has 0 unspecified atom stereocenters. The average molecular weight is 202 g/mol. The van der Waals surface area contributed by atoms with Crippen molar-refractivity contribution in [3.63, 3.8) is 0 Å². The predicted molar refractivity (Wildman–Crippen MR) is 48.1 cm³/mol. The van der Waals surface area contributed by atoms with Gasteiger partial charge in [-0.1, -0.05) is 30.9 Å². The molecule has 0 fully saturated rings. The van der Waals surface area contributed by atoms with Gasteiger partial charge >= 0.3 is 6.18 Å². The van der Waals surface area contributed by atoms with Gasteiger partial charge in [-0.2, -0.15) is 13.2 Å². The third kappa shape index (κ3) is 3.12. The minimum absolute atomic E-state index is 0.194. The van der Waals surface area contributed by atoms with Crippen LogP contribution in [0.1, 0.15) is 5.56 Å². The van der Waals surface area contributed by atoms with Crippen molar-refractivity contribution in [1.82, 2.24) is 0 Å². The lowest BCUT2D eigenvalue weighted by Crippen LogP contribution is -2.19. The molecule has 0 aliphatic carbocycles. The summed E-state index contributed by atoms with van der Waals surface area (Å²) in [5.41, 5.74) is 0.553. The summed E-state index contributed by atoms with van der Waals surface area (Å²) in [7, 11) is 0. The fraction of sp³-hybridized carbons (Fsp3) is 0.200. The van der Waals surface area contributed by atoms with E-state index in [1.165, 1.54) is 12.1 Å². The average Bonchev–Trinajstić information content (AvgIpc) is 2.14. The molecule has 0 spiro atoms. The molecule has 0 atom stereocenters. The van der Waals surface area contributed by atoms with E-state index in [4.69, 9.17) is 0 Å². The van der Waals surface area contributed by atoms with E-state index >= 15 is 0 Å². The molecule has 0 heterocycles. The first-order valence-electron chi connectivity index (χ1n) is 3.94. The Labute approximate surface area is 79.8 Å². The lowest BCUT2D eigenvalue weighted by atomic mass is 10.2. The smallest absolute Gasteiger partial charge is 0.422 e. The molecule has 0 bridgehead atoms. The maximum atomic E-state index is 11.8. The number of alkyl halides is 3. The fourth-order valence-corrected chi connectivity index (χ4v) is 0.940. The van der Waals surface area contributed by atoms with E-state index in [1.54, 1.807) is 18.2 Å². The molecule has 14 heavy (non-hydrogen) atoms. The third-order valence-corrected chi connectivity index (χ3v) is 1.53. The first-order valence-corrected chi connectivity index (χ1v) is 3.94. The molecule has 1 aromatic carbocycles. The van der Waals surface area contributed by atoms with Gasteiger partial charge in [0.1, 0.15) is 5.75 Å². The summed E-state index contributed by atoms with van der Waals surface area (Å²) in [6, 6.07) is 6.43. The van der Waals surface area contributed by atoms with E-state index in [1.807, 2.05) is 0 Å². The van der Waals surface area contributed by atoms with E-state index in [-0.39, 0.29) is 5.75 Å². The Hall–Kier alpha value is -1.45. The Kier molecular flexibility index (Phi) is 3.17. The first-order chi connectivity index (χ1) is 6.53. The fourth-order valence-electron chi connectivity index (χ4n) is 0.940. The molecular formula is C10H9F3O. The van der Waals surface area contributed by atoms with Crippen LogP contribution >= 0.6 is 0 Å². The molecule has 0 saturated carbocycles. The van der Waals surface area contributed by atoms with Gasteiger partial charge in [0, 0.05) is 5.56 Å². The molecule has 76 valence electrons. The van der Waals surface area contributed by atoms with Crippen LogP contribution in [0.15, 0.2) is 30.8 Å². The molecule has 0 radical (unpaired) electrons. The number of hydrogen-bond acceptors (Lipinski definition) is 1. The van der Waals surface area contributed by atoms with Gasteiger partial charge in [-0.15, -0.1) is 0 Å². The standard InChI is InChI=1S/C10H9F3O/c1-2-8-5-3-4-6-9(8)14-7-10(11,12)13/h2-6H,1,7H2. The van der Waals surface area contributed by atoms with E-state index in [0.717, 1.165) is 0 Å². The van der Waals surface area contributed by atoms with Crippen molar-refractivity contribution in [1.29, 1.82) is 0 Å². The normalized spacial score (nSPS) is 11.1. The van der Waals surface area contributed by atoms with Crippen LogP contribution in [-0.2, 0) is 0 Å². The zero-order valence-electron chi connectivity index (χ0n) is 7.34. The van der Waals surface area contributed by atoms with Crippen LogP contribution in [0.25, 0.3) is 6.08 Å². The molecule has 0 aromatic heterocycles. The molecule has 0 saturated heterocycles. The number of benzene rings is 1. The monoisotopic (exact) mass is 202 g/mol. The molecule has 4 heteroatoms. The van der Waals surface area contributed by atoms with Crippen LogP contribution in [-0.4, -0.2) is 12.8 Å². The summed E-state index contributed by atoms with van der Waals surface area (Å²) >= 11 is 0. The number of para-hydroxylation sites is 1. The maximum absolute atomic E-state index is 11.8. The lowest BCUT2D eigenvalue weighted by Gasteiger charge is -2.10. The summed E-state index contributed by atoms with van der Waals surface area (Å²) < 4.78 is 40.1. The van der Waals surface area contributed by atoms with Crippen molar-refractivity contribution in [3.8, 4) is 5.75 Å². The van der Waals surface area contributed by atoms with Crippen LogP contribution < -0.4 is 4.74 Å². The highest BCUT2D eigenvalue weighted by atomic mass is 19.4. The van der Waals surface area contributed by atoms with Crippen molar-refractivity contribution < 1.29 is 17.9 Å². The summed E-state index contributed by atoms with van der Waals surface area (Å²) in [4.78, 5) is 0. The second-order valence-corrected chi connectivity index (χ2v) is 2.65. The number of ether oxygens (including phenoxy) is 1. The van der Waals surface area contributed by atoms with Gasteiger partial charge in [0.25, 0.3) is 0 Å². The molecular weight excluding hydrogens is 193 g/mol. The SMILES string of the molecule is C=Cc1ccccc1OCC(F)(F)F. The summed E-state index contributed by atoms with van der Waals surface area (Å²) in [5, 5.41) is 0. The van der Waals surface area contributed by atoms with Gasteiger partial charge in [0.2, 0.25) is 0 Å². The maximum Gasteiger partial charge on any atom is 0.422 e. The molecule has 1 aromatic rings. The van der Waals surface area contributed by atoms with E-state index in [9.17, 15) is 13.2 Å². The molecule has 0 aliphatic heterocycles. The van der Waals surface area contributed by atoms with Gasteiger partial charge in [-0.3, -0.25) is 0 Å². The van der Waals surface area contributed by atoms with Crippen molar-refractivity contribution in [3.05, 3.63) is 36.4 Å².